The highest BCUT2D eigenvalue weighted by atomic mass is 32.2. The van der Waals surface area contributed by atoms with E-state index in [4.69, 9.17) is 9.47 Å². The molecule has 0 unspecified atom stereocenters. The van der Waals surface area contributed by atoms with Crippen molar-refractivity contribution < 1.29 is 31.1 Å². The Kier molecular flexibility index (Phi) is 6.73. The first-order chi connectivity index (χ1) is 15.4. The average Bonchev–Trinajstić information content (AvgIpc) is 3.11. The maximum Gasteiger partial charge on any atom is 0.335 e. The molecule has 0 aromatic carbocycles. The fourth-order valence-electron chi connectivity index (χ4n) is 2.77. The number of carbonyl (C=O) groups is 1. The first kappa shape index (κ1) is 24.2. The number of imidazole rings is 1. The lowest BCUT2D eigenvalue weighted by atomic mass is 10.4. The molecule has 0 aliphatic rings. The number of anilines is 1. The van der Waals surface area contributed by atoms with Crippen molar-refractivity contribution in [3.63, 3.8) is 0 Å². The summed E-state index contributed by atoms with van der Waals surface area (Å²) < 4.78 is 64.0. The largest absolute Gasteiger partial charge is 0.492 e. The smallest absolute Gasteiger partial charge is 0.335 e. The first-order valence-corrected chi connectivity index (χ1v) is 12.9. The minimum atomic E-state index is -4.72. The van der Waals surface area contributed by atoms with Gasteiger partial charge in [-0.3, -0.25) is 9.72 Å². The highest BCUT2D eigenvalue weighted by Crippen LogP contribution is 2.25. The van der Waals surface area contributed by atoms with Gasteiger partial charge in [0.1, 0.15) is 11.4 Å². The lowest BCUT2D eigenvalue weighted by molar-refractivity contribution is 0.256. The van der Waals surface area contributed by atoms with Crippen molar-refractivity contribution in [2.45, 2.75) is 30.3 Å². The Morgan fingerprint density at radius 1 is 1.15 bits per heavy atom. The quantitative estimate of drug-likeness (QED) is 0.459. The summed E-state index contributed by atoms with van der Waals surface area (Å²) in [4.78, 5) is 24.2. The highest BCUT2D eigenvalue weighted by Gasteiger charge is 2.32. The van der Waals surface area contributed by atoms with Crippen LogP contribution in [0.3, 0.4) is 0 Å². The number of nitrogens with one attached hydrogen (secondary N) is 2. The SMILES string of the molecule is CCCOc1ccc2nc(S(C)(=O)=O)c(S(=O)(=O)NC(=O)Nc3nc(C)cc(OC)n3)n2c1. The summed E-state index contributed by atoms with van der Waals surface area (Å²) in [7, 11) is -7.44. The number of hydrogen-bond donors (Lipinski definition) is 2. The van der Waals surface area contributed by atoms with Crippen LogP contribution in [0, 0.1) is 6.92 Å². The van der Waals surface area contributed by atoms with Gasteiger partial charge in [0, 0.05) is 18.0 Å². The summed E-state index contributed by atoms with van der Waals surface area (Å²) in [6, 6.07) is 3.24. The first-order valence-electron chi connectivity index (χ1n) is 9.53. The second kappa shape index (κ2) is 9.19. The number of pyridine rings is 1. The molecule has 0 atom stereocenters. The monoisotopic (exact) mass is 498 g/mol. The van der Waals surface area contributed by atoms with Gasteiger partial charge in [0.05, 0.1) is 19.9 Å². The van der Waals surface area contributed by atoms with Gasteiger partial charge in [-0.05, 0) is 25.5 Å². The minimum absolute atomic E-state index is 0.0341. The molecule has 3 aromatic rings. The number of methoxy groups -OCH3 is 1. The molecule has 0 bridgehead atoms. The van der Waals surface area contributed by atoms with Crippen LogP contribution in [0.1, 0.15) is 19.0 Å². The lowest BCUT2D eigenvalue weighted by Crippen LogP contribution is -2.36. The van der Waals surface area contributed by atoms with E-state index in [9.17, 15) is 21.6 Å². The predicted octanol–water partition coefficient (Wildman–Crippen LogP) is 1.14. The summed E-state index contributed by atoms with van der Waals surface area (Å²) in [6.07, 6.45) is 2.80. The Balaban J connectivity index is 2.02. The zero-order valence-electron chi connectivity index (χ0n) is 18.2. The number of carbonyl (C=O) groups excluding carboxylic acids is 1. The van der Waals surface area contributed by atoms with Crippen LogP contribution in [0.25, 0.3) is 5.65 Å². The number of fused-ring (bicyclic) bond motifs is 1. The van der Waals surface area contributed by atoms with Crippen molar-refractivity contribution >= 4 is 37.5 Å². The maximum atomic E-state index is 13.1. The molecule has 0 aliphatic carbocycles. The number of aryl methyl sites for hydroxylation is 1. The second-order valence-corrected chi connectivity index (χ2v) is 10.4. The van der Waals surface area contributed by atoms with Gasteiger partial charge in [-0.25, -0.2) is 27.9 Å². The molecule has 178 valence electrons. The molecule has 0 aliphatic heterocycles. The van der Waals surface area contributed by atoms with Crippen LogP contribution in [-0.4, -0.2) is 62.2 Å². The summed E-state index contributed by atoms with van der Waals surface area (Å²) in [5.74, 6) is 0.237. The minimum Gasteiger partial charge on any atom is -0.492 e. The van der Waals surface area contributed by atoms with Crippen molar-refractivity contribution in [3.8, 4) is 11.6 Å². The molecule has 2 amide bonds. The Hall–Kier alpha value is -3.46. The molecule has 0 fully saturated rings. The van der Waals surface area contributed by atoms with E-state index in [0.717, 1.165) is 10.7 Å². The number of amides is 2. The molecule has 2 N–H and O–H groups in total. The summed E-state index contributed by atoms with van der Waals surface area (Å²) in [5, 5.41) is 0.731. The van der Waals surface area contributed by atoms with E-state index in [1.165, 1.54) is 31.5 Å². The molecule has 13 nitrogen and oxygen atoms in total. The van der Waals surface area contributed by atoms with E-state index in [0.29, 0.717) is 24.5 Å². The van der Waals surface area contributed by atoms with Crippen LogP contribution in [0.2, 0.25) is 0 Å². The van der Waals surface area contributed by atoms with Crippen molar-refractivity contribution in [3.05, 3.63) is 30.1 Å². The fourth-order valence-corrected chi connectivity index (χ4v) is 5.30. The van der Waals surface area contributed by atoms with E-state index in [2.05, 4.69) is 20.3 Å². The van der Waals surface area contributed by atoms with Gasteiger partial charge < -0.3 is 9.47 Å². The molecule has 3 heterocycles. The van der Waals surface area contributed by atoms with Gasteiger partial charge >= 0.3 is 6.03 Å². The van der Waals surface area contributed by atoms with Gasteiger partial charge in [-0.1, -0.05) is 6.92 Å². The van der Waals surface area contributed by atoms with Crippen molar-refractivity contribution in [1.29, 1.82) is 0 Å². The number of ether oxygens (including phenoxy) is 2. The number of aromatic nitrogens is 4. The van der Waals surface area contributed by atoms with E-state index in [1.54, 1.807) is 11.6 Å². The third-order valence-electron chi connectivity index (χ3n) is 4.09. The maximum absolute atomic E-state index is 13.1. The molecular formula is C18H22N6O7S2. The van der Waals surface area contributed by atoms with Crippen LogP contribution in [0.5, 0.6) is 11.6 Å². The van der Waals surface area contributed by atoms with Crippen LogP contribution in [0.15, 0.2) is 34.4 Å². The van der Waals surface area contributed by atoms with E-state index in [-0.39, 0.29) is 17.5 Å². The third-order valence-corrected chi connectivity index (χ3v) is 6.56. The van der Waals surface area contributed by atoms with E-state index >= 15 is 0 Å². The Labute approximate surface area is 190 Å². The number of hydrogen-bond acceptors (Lipinski definition) is 10. The van der Waals surface area contributed by atoms with Crippen LogP contribution >= 0.6 is 0 Å². The second-order valence-electron chi connectivity index (χ2n) is 6.87. The summed E-state index contributed by atoms with van der Waals surface area (Å²) >= 11 is 0. The molecule has 0 saturated heterocycles. The van der Waals surface area contributed by atoms with Crippen LogP contribution in [0.4, 0.5) is 10.7 Å². The Bertz CT molecular complexity index is 1420. The van der Waals surface area contributed by atoms with Gasteiger partial charge in [-0.2, -0.15) is 13.4 Å². The Morgan fingerprint density at radius 2 is 1.88 bits per heavy atom. The molecular weight excluding hydrogens is 476 g/mol. The molecule has 33 heavy (non-hydrogen) atoms. The van der Waals surface area contributed by atoms with Crippen molar-refractivity contribution in [2.75, 3.05) is 25.3 Å². The third kappa shape index (κ3) is 5.48. The van der Waals surface area contributed by atoms with Crippen LogP contribution in [-0.2, 0) is 19.9 Å². The van der Waals surface area contributed by atoms with Crippen molar-refractivity contribution in [1.82, 2.24) is 24.1 Å². The number of nitrogens with zero attached hydrogens (tertiary/aromatic N) is 4. The van der Waals surface area contributed by atoms with Gasteiger partial charge in [-0.15, -0.1) is 0 Å². The predicted molar refractivity (Wildman–Crippen MR) is 117 cm³/mol. The molecule has 0 spiro atoms. The number of sulfonamides is 1. The van der Waals surface area contributed by atoms with E-state index in [1.807, 2.05) is 6.92 Å². The number of urea groups is 1. The standard InChI is InChI=1S/C18H22N6O7S2/c1-5-8-31-12-6-7-13-20-15(32(4,26)27)16(24(13)10-12)33(28,29)23-18(25)22-17-19-11(2)9-14(21-17)30-3/h6-7,9-10H,5,8H2,1-4H3,(H2,19,21,22,23,25). The van der Waals surface area contributed by atoms with Gasteiger partial charge in [0.15, 0.2) is 19.9 Å². The highest BCUT2D eigenvalue weighted by molar-refractivity contribution is 7.93. The molecule has 3 aromatic heterocycles. The molecule has 15 heteroatoms. The zero-order valence-corrected chi connectivity index (χ0v) is 19.8. The van der Waals surface area contributed by atoms with Crippen molar-refractivity contribution in [2.24, 2.45) is 0 Å². The van der Waals surface area contributed by atoms with E-state index < -0.39 is 35.9 Å². The van der Waals surface area contributed by atoms with Gasteiger partial charge in [0.25, 0.3) is 10.0 Å². The average molecular weight is 499 g/mol. The Morgan fingerprint density at radius 3 is 2.52 bits per heavy atom. The number of sulfone groups is 1. The lowest BCUT2D eigenvalue weighted by Gasteiger charge is -2.10. The fraction of sp³-hybridized carbons (Fsp3) is 0.333. The normalized spacial score (nSPS) is 11.9. The topological polar surface area (TPSA) is 171 Å². The summed E-state index contributed by atoms with van der Waals surface area (Å²) in [6.45, 7) is 3.88. The summed E-state index contributed by atoms with van der Waals surface area (Å²) in [5.41, 5.74) is 0.493. The molecule has 0 saturated carbocycles. The zero-order chi connectivity index (χ0) is 24.4. The molecule has 3 rings (SSSR count). The molecule has 0 radical (unpaired) electrons. The van der Waals surface area contributed by atoms with Gasteiger partial charge in [0.2, 0.25) is 11.8 Å². The van der Waals surface area contributed by atoms with Crippen LogP contribution < -0.4 is 19.5 Å². The number of rotatable bonds is 8.